The summed E-state index contributed by atoms with van der Waals surface area (Å²) in [6.45, 7) is 7.35. The van der Waals surface area contributed by atoms with Gasteiger partial charge in [-0.3, -0.25) is 14.6 Å². The molecule has 0 N–H and O–H groups in total. The molecule has 1 aromatic rings. The van der Waals surface area contributed by atoms with E-state index < -0.39 is 0 Å². The molecule has 0 saturated carbocycles. The first-order chi connectivity index (χ1) is 8.99. The number of carbonyl (C=O) groups excluding carboxylic acids is 2. The van der Waals surface area contributed by atoms with Crippen LogP contribution in [0.25, 0.3) is 0 Å². The number of esters is 1. The first kappa shape index (κ1) is 15.3. The molecule has 4 nitrogen and oxygen atoms in total. The lowest BCUT2D eigenvalue weighted by Gasteiger charge is -2.25. The molecular weight excluding hydrogens is 242 g/mol. The molecule has 1 aromatic heterocycles. The molecule has 19 heavy (non-hydrogen) atoms. The SMILES string of the molecule is CCOC(=O)C(C)C(C)C(C(C)=O)c1ccccn1. The van der Waals surface area contributed by atoms with Crippen LogP contribution >= 0.6 is 0 Å². The van der Waals surface area contributed by atoms with Crippen molar-refractivity contribution in [2.75, 3.05) is 6.61 Å². The van der Waals surface area contributed by atoms with E-state index in [-0.39, 0.29) is 29.5 Å². The van der Waals surface area contributed by atoms with Crippen molar-refractivity contribution < 1.29 is 14.3 Å². The Kier molecular flexibility index (Phi) is 5.67. The number of ether oxygens (including phenoxy) is 1. The molecule has 0 bridgehead atoms. The van der Waals surface area contributed by atoms with Gasteiger partial charge in [0.15, 0.2) is 0 Å². The number of ketones is 1. The van der Waals surface area contributed by atoms with E-state index in [1.54, 1.807) is 26.1 Å². The van der Waals surface area contributed by atoms with E-state index in [4.69, 9.17) is 4.74 Å². The normalized spacial score (nSPS) is 15.4. The van der Waals surface area contributed by atoms with Crippen molar-refractivity contribution >= 4 is 11.8 Å². The summed E-state index contributed by atoms with van der Waals surface area (Å²) in [5, 5.41) is 0. The van der Waals surface area contributed by atoms with Crippen LogP contribution in [0, 0.1) is 11.8 Å². The smallest absolute Gasteiger partial charge is 0.308 e. The summed E-state index contributed by atoms with van der Waals surface area (Å²) >= 11 is 0. The molecule has 0 aliphatic rings. The molecule has 0 spiro atoms. The number of rotatable bonds is 6. The van der Waals surface area contributed by atoms with Gasteiger partial charge in [-0.25, -0.2) is 0 Å². The molecule has 3 atom stereocenters. The zero-order valence-corrected chi connectivity index (χ0v) is 11.9. The van der Waals surface area contributed by atoms with Crippen molar-refractivity contribution in [3.63, 3.8) is 0 Å². The van der Waals surface area contributed by atoms with E-state index in [9.17, 15) is 9.59 Å². The summed E-state index contributed by atoms with van der Waals surface area (Å²) < 4.78 is 5.02. The molecule has 0 amide bonds. The molecule has 1 rings (SSSR count). The maximum atomic E-state index is 11.9. The highest BCUT2D eigenvalue weighted by atomic mass is 16.5. The van der Waals surface area contributed by atoms with Gasteiger partial charge in [-0.15, -0.1) is 0 Å². The molecule has 0 aliphatic carbocycles. The summed E-state index contributed by atoms with van der Waals surface area (Å²) in [6.07, 6.45) is 1.66. The lowest BCUT2D eigenvalue weighted by atomic mass is 9.79. The molecule has 0 saturated heterocycles. The minimum Gasteiger partial charge on any atom is -0.466 e. The Morgan fingerprint density at radius 2 is 2.00 bits per heavy atom. The summed E-state index contributed by atoms with van der Waals surface area (Å²) in [7, 11) is 0. The standard InChI is InChI=1S/C15H21NO3/c1-5-19-15(18)11(3)10(2)14(12(4)17)13-8-6-7-9-16-13/h6-11,14H,5H2,1-4H3. The van der Waals surface area contributed by atoms with Crippen LogP contribution in [0.5, 0.6) is 0 Å². The first-order valence-corrected chi connectivity index (χ1v) is 6.57. The third-order valence-electron chi connectivity index (χ3n) is 3.42. The van der Waals surface area contributed by atoms with Crippen LogP contribution in [0.1, 0.15) is 39.3 Å². The second-order valence-corrected chi connectivity index (χ2v) is 4.74. The first-order valence-electron chi connectivity index (χ1n) is 6.57. The van der Waals surface area contributed by atoms with E-state index in [1.807, 2.05) is 19.1 Å². The molecule has 0 fully saturated rings. The van der Waals surface area contributed by atoms with Crippen molar-refractivity contribution in [3.8, 4) is 0 Å². The molecule has 3 unspecified atom stereocenters. The van der Waals surface area contributed by atoms with E-state index in [0.29, 0.717) is 12.3 Å². The summed E-state index contributed by atoms with van der Waals surface area (Å²) in [5.41, 5.74) is 0.707. The third kappa shape index (κ3) is 3.88. The average Bonchev–Trinajstić information content (AvgIpc) is 2.39. The van der Waals surface area contributed by atoms with Crippen molar-refractivity contribution in [3.05, 3.63) is 30.1 Å². The summed E-state index contributed by atoms with van der Waals surface area (Å²) in [6, 6.07) is 5.47. The van der Waals surface area contributed by atoms with Gasteiger partial charge in [-0.05, 0) is 31.9 Å². The minimum atomic E-state index is -0.374. The number of hydrogen-bond acceptors (Lipinski definition) is 4. The number of aromatic nitrogens is 1. The molecular formula is C15H21NO3. The quantitative estimate of drug-likeness (QED) is 0.740. The van der Waals surface area contributed by atoms with E-state index in [1.165, 1.54) is 6.92 Å². The third-order valence-corrected chi connectivity index (χ3v) is 3.42. The molecule has 0 radical (unpaired) electrons. The monoisotopic (exact) mass is 263 g/mol. The van der Waals surface area contributed by atoms with Crippen LogP contribution in [0.4, 0.5) is 0 Å². The van der Waals surface area contributed by atoms with Crippen LogP contribution in [0.3, 0.4) is 0 Å². The van der Waals surface area contributed by atoms with Gasteiger partial charge in [-0.2, -0.15) is 0 Å². The van der Waals surface area contributed by atoms with Gasteiger partial charge in [0.05, 0.1) is 24.1 Å². The fraction of sp³-hybridized carbons (Fsp3) is 0.533. The Morgan fingerprint density at radius 1 is 1.32 bits per heavy atom. The predicted octanol–water partition coefficient (Wildman–Crippen LogP) is 2.59. The van der Waals surface area contributed by atoms with Gasteiger partial charge < -0.3 is 4.74 Å². The topological polar surface area (TPSA) is 56.3 Å². The fourth-order valence-corrected chi connectivity index (χ4v) is 2.18. The van der Waals surface area contributed by atoms with Crippen molar-refractivity contribution in [1.29, 1.82) is 0 Å². The van der Waals surface area contributed by atoms with E-state index in [2.05, 4.69) is 4.98 Å². The summed E-state index contributed by atoms with van der Waals surface area (Å²) in [5.74, 6) is -1.11. The average molecular weight is 263 g/mol. The van der Waals surface area contributed by atoms with Crippen LogP contribution in [0.2, 0.25) is 0 Å². The zero-order chi connectivity index (χ0) is 14.4. The molecule has 0 aromatic carbocycles. The predicted molar refractivity (Wildman–Crippen MR) is 72.6 cm³/mol. The Bertz CT molecular complexity index is 430. The highest BCUT2D eigenvalue weighted by Crippen LogP contribution is 2.30. The minimum absolute atomic E-state index is 0.0161. The molecule has 1 heterocycles. The van der Waals surface area contributed by atoms with Crippen LogP contribution in [-0.2, 0) is 14.3 Å². The van der Waals surface area contributed by atoms with Crippen LogP contribution in [0.15, 0.2) is 24.4 Å². The maximum Gasteiger partial charge on any atom is 0.308 e. The van der Waals surface area contributed by atoms with Gasteiger partial charge in [0, 0.05) is 6.20 Å². The van der Waals surface area contributed by atoms with Gasteiger partial charge in [0.2, 0.25) is 0 Å². The highest BCUT2D eigenvalue weighted by Gasteiger charge is 2.33. The van der Waals surface area contributed by atoms with Gasteiger partial charge in [-0.1, -0.05) is 19.9 Å². The highest BCUT2D eigenvalue weighted by molar-refractivity contribution is 5.84. The molecule has 4 heteroatoms. The largest absolute Gasteiger partial charge is 0.466 e. The number of carbonyl (C=O) groups is 2. The van der Waals surface area contributed by atoms with Crippen LogP contribution in [-0.4, -0.2) is 23.3 Å². The Labute approximate surface area is 114 Å². The van der Waals surface area contributed by atoms with Gasteiger partial charge in [0.25, 0.3) is 0 Å². The van der Waals surface area contributed by atoms with Crippen LogP contribution < -0.4 is 0 Å². The number of hydrogen-bond donors (Lipinski definition) is 0. The Hall–Kier alpha value is -1.71. The number of nitrogens with zero attached hydrogens (tertiary/aromatic N) is 1. The van der Waals surface area contributed by atoms with E-state index in [0.717, 1.165) is 0 Å². The zero-order valence-electron chi connectivity index (χ0n) is 11.9. The summed E-state index contributed by atoms with van der Waals surface area (Å²) in [4.78, 5) is 27.9. The van der Waals surface area contributed by atoms with Gasteiger partial charge in [0.1, 0.15) is 5.78 Å². The Morgan fingerprint density at radius 3 is 2.47 bits per heavy atom. The fourth-order valence-electron chi connectivity index (χ4n) is 2.18. The van der Waals surface area contributed by atoms with E-state index >= 15 is 0 Å². The molecule has 104 valence electrons. The molecule has 0 aliphatic heterocycles. The van der Waals surface area contributed by atoms with Crippen molar-refractivity contribution in [2.45, 2.75) is 33.6 Å². The Balaban J connectivity index is 2.94. The van der Waals surface area contributed by atoms with Crippen molar-refractivity contribution in [1.82, 2.24) is 4.98 Å². The lowest BCUT2D eigenvalue weighted by molar-refractivity contribution is -0.149. The lowest BCUT2D eigenvalue weighted by Crippen LogP contribution is -2.29. The second-order valence-electron chi connectivity index (χ2n) is 4.74. The maximum absolute atomic E-state index is 11.9. The second kappa shape index (κ2) is 7.02. The number of pyridine rings is 1. The number of Topliss-reactive ketones (excluding diaryl/α,β-unsaturated/α-hetero) is 1. The van der Waals surface area contributed by atoms with Crippen molar-refractivity contribution in [2.24, 2.45) is 11.8 Å². The van der Waals surface area contributed by atoms with Gasteiger partial charge >= 0.3 is 5.97 Å².